The molecule has 8 heteroatoms. The zero-order valence-corrected chi connectivity index (χ0v) is 16.7. The lowest BCUT2D eigenvalue weighted by Gasteiger charge is -2.29. The van der Waals surface area contributed by atoms with E-state index < -0.39 is 17.6 Å². The number of rotatable bonds is 9. The molecule has 2 aromatic carbocycles. The van der Waals surface area contributed by atoms with Crippen LogP contribution in [0.1, 0.15) is 43.2 Å². The maximum atomic E-state index is 12.5. The van der Waals surface area contributed by atoms with Crippen LogP contribution in [0.3, 0.4) is 0 Å². The zero-order valence-electron chi connectivity index (χ0n) is 16.7. The van der Waals surface area contributed by atoms with Crippen molar-refractivity contribution < 1.29 is 19.4 Å². The van der Waals surface area contributed by atoms with Crippen LogP contribution in [-0.2, 0) is 9.53 Å². The van der Waals surface area contributed by atoms with Crippen molar-refractivity contribution in [2.45, 2.75) is 37.6 Å². The van der Waals surface area contributed by atoms with Crippen LogP contribution in [0, 0.1) is 0 Å². The van der Waals surface area contributed by atoms with E-state index in [1.54, 1.807) is 6.92 Å². The fraction of sp³-hybridized carbons (Fsp3) is 0.364. The summed E-state index contributed by atoms with van der Waals surface area (Å²) in [6.07, 6.45) is -0.108. The monoisotopic (exact) mass is 408 g/mol. The Morgan fingerprint density at radius 1 is 1.17 bits per heavy atom. The lowest BCUT2D eigenvalue weighted by Crippen LogP contribution is -2.54. The highest BCUT2D eigenvalue weighted by atomic mass is 16.5. The molecule has 0 saturated carbocycles. The van der Waals surface area contributed by atoms with Gasteiger partial charge in [0.15, 0.2) is 0 Å². The Balaban J connectivity index is 1.70. The highest BCUT2D eigenvalue weighted by Gasteiger charge is 2.38. The largest absolute Gasteiger partial charge is 0.480 e. The number of carboxylic acids is 1. The minimum Gasteiger partial charge on any atom is -0.480 e. The Bertz CT molecular complexity index is 941. The summed E-state index contributed by atoms with van der Waals surface area (Å²) in [6, 6.07) is 16.0. The van der Waals surface area contributed by atoms with Crippen LogP contribution in [-0.4, -0.2) is 35.9 Å². The number of aliphatic carboxylic acids is 1. The summed E-state index contributed by atoms with van der Waals surface area (Å²) in [6.45, 7) is 1.96. The third-order valence-electron chi connectivity index (χ3n) is 5.62. The molecule has 1 aliphatic rings. The highest BCUT2D eigenvalue weighted by molar-refractivity contribution is 5.84. The molecule has 0 aromatic heterocycles. The normalized spacial score (nSPS) is 14.0. The number of carboxylic acid groups (broad SMARTS) is 1. The number of hydrogen-bond donors (Lipinski definition) is 2. The minimum absolute atomic E-state index is 0.103. The topological polar surface area (TPSA) is 124 Å². The third-order valence-corrected chi connectivity index (χ3v) is 5.62. The van der Waals surface area contributed by atoms with Crippen molar-refractivity contribution in [3.05, 3.63) is 70.1 Å². The quantitative estimate of drug-likeness (QED) is 0.266. The van der Waals surface area contributed by atoms with Gasteiger partial charge >= 0.3 is 12.1 Å². The second kappa shape index (κ2) is 9.33. The average molecular weight is 408 g/mol. The van der Waals surface area contributed by atoms with Crippen molar-refractivity contribution >= 4 is 12.1 Å². The predicted molar refractivity (Wildman–Crippen MR) is 112 cm³/mol. The Hall–Kier alpha value is -3.51. The van der Waals surface area contributed by atoms with E-state index >= 15 is 0 Å². The van der Waals surface area contributed by atoms with Crippen LogP contribution in [0.15, 0.2) is 53.6 Å². The van der Waals surface area contributed by atoms with Gasteiger partial charge < -0.3 is 15.2 Å². The van der Waals surface area contributed by atoms with Gasteiger partial charge in [0.25, 0.3) is 0 Å². The van der Waals surface area contributed by atoms with Gasteiger partial charge in [-0.3, -0.25) is 0 Å². The summed E-state index contributed by atoms with van der Waals surface area (Å²) in [7, 11) is 0. The van der Waals surface area contributed by atoms with Crippen molar-refractivity contribution in [2.75, 3.05) is 13.2 Å². The molecule has 30 heavy (non-hydrogen) atoms. The van der Waals surface area contributed by atoms with E-state index in [2.05, 4.69) is 15.3 Å². The van der Waals surface area contributed by atoms with Crippen LogP contribution >= 0.6 is 0 Å². The van der Waals surface area contributed by atoms with Gasteiger partial charge in [0.1, 0.15) is 12.1 Å². The van der Waals surface area contributed by atoms with Gasteiger partial charge in [-0.1, -0.05) is 60.6 Å². The molecule has 0 saturated heterocycles. The van der Waals surface area contributed by atoms with Crippen LogP contribution in [0.25, 0.3) is 21.6 Å². The minimum atomic E-state index is -1.46. The Kier molecular flexibility index (Phi) is 6.59. The maximum absolute atomic E-state index is 12.5. The molecule has 0 radical (unpaired) electrons. The second-order valence-electron chi connectivity index (χ2n) is 7.25. The van der Waals surface area contributed by atoms with Gasteiger partial charge in [0, 0.05) is 17.4 Å². The Morgan fingerprint density at radius 3 is 2.30 bits per heavy atom. The molecule has 1 atom stereocenters. The number of fused-ring (bicyclic) bond motifs is 3. The summed E-state index contributed by atoms with van der Waals surface area (Å²) in [4.78, 5) is 27.0. The number of amides is 1. The van der Waals surface area contributed by atoms with E-state index in [0.717, 1.165) is 22.3 Å². The molecule has 2 aromatic rings. The van der Waals surface area contributed by atoms with Crippen molar-refractivity contribution in [2.24, 2.45) is 5.11 Å². The number of alkyl carbamates (subject to hydrolysis) is 1. The van der Waals surface area contributed by atoms with E-state index in [4.69, 9.17) is 10.3 Å². The molecule has 3 rings (SSSR count). The third kappa shape index (κ3) is 4.23. The molecular weight excluding hydrogens is 384 g/mol. The van der Waals surface area contributed by atoms with Crippen molar-refractivity contribution in [1.82, 2.24) is 5.32 Å². The SMILES string of the molecule is CC[C@](CCCN=[N+]=[N-])(NC(=O)OCC1c2ccccc2-c2ccccc21)C(=O)O. The molecular formula is C22H24N4O4. The van der Waals surface area contributed by atoms with E-state index in [1.807, 2.05) is 48.5 Å². The van der Waals surface area contributed by atoms with Crippen molar-refractivity contribution in [1.29, 1.82) is 0 Å². The van der Waals surface area contributed by atoms with Crippen molar-refractivity contribution in [3.8, 4) is 11.1 Å². The molecule has 156 valence electrons. The van der Waals surface area contributed by atoms with E-state index in [1.165, 1.54) is 0 Å². The molecule has 0 heterocycles. The van der Waals surface area contributed by atoms with Crippen LogP contribution in [0.4, 0.5) is 4.79 Å². The van der Waals surface area contributed by atoms with E-state index in [-0.39, 0.29) is 31.9 Å². The smallest absolute Gasteiger partial charge is 0.408 e. The average Bonchev–Trinajstić information content (AvgIpc) is 3.08. The highest BCUT2D eigenvalue weighted by Crippen LogP contribution is 2.44. The van der Waals surface area contributed by atoms with Gasteiger partial charge in [-0.15, -0.1) is 0 Å². The molecule has 0 spiro atoms. The first-order chi connectivity index (χ1) is 14.5. The summed E-state index contributed by atoms with van der Waals surface area (Å²) >= 11 is 0. The molecule has 0 bridgehead atoms. The van der Waals surface area contributed by atoms with Gasteiger partial charge in [-0.2, -0.15) is 0 Å². The molecule has 1 amide bonds. The van der Waals surface area contributed by atoms with Gasteiger partial charge in [-0.05, 0) is 47.0 Å². The number of carbonyl (C=O) groups is 2. The lowest BCUT2D eigenvalue weighted by atomic mass is 9.90. The number of carbonyl (C=O) groups excluding carboxylic acids is 1. The van der Waals surface area contributed by atoms with Gasteiger partial charge in [0.05, 0.1) is 0 Å². The first-order valence-electron chi connectivity index (χ1n) is 9.90. The lowest BCUT2D eigenvalue weighted by molar-refractivity contribution is -0.145. The van der Waals surface area contributed by atoms with E-state index in [0.29, 0.717) is 6.42 Å². The maximum Gasteiger partial charge on any atom is 0.408 e. The fourth-order valence-corrected chi connectivity index (χ4v) is 3.97. The van der Waals surface area contributed by atoms with Crippen molar-refractivity contribution in [3.63, 3.8) is 0 Å². The van der Waals surface area contributed by atoms with Crippen LogP contribution < -0.4 is 5.32 Å². The number of azide groups is 1. The van der Waals surface area contributed by atoms with E-state index in [9.17, 15) is 14.7 Å². The number of hydrogen-bond acceptors (Lipinski definition) is 4. The summed E-state index contributed by atoms with van der Waals surface area (Å²) in [5.74, 6) is -1.24. The summed E-state index contributed by atoms with van der Waals surface area (Å²) in [5, 5.41) is 15.7. The van der Waals surface area contributed by atoms with Crippen LogP contribution in [0.5, 0.6) is 0 Å². The Labute approximate surface area is 174 Å². The number of ether oxygens (including phenoxy) is 1. The molecule has 8 nitrogen and oxygen atoms in total. The second-order valence-corrected chi connectivity index (χ2v) is 7.25. The molecule has 2 N–H and O–H groups in total. The molecule has 0 fully saturated rings. The number of nitrogens with zero attached hydrogens (tertiary/aromatic N) is 3. The summed E-state index contributed by atoms with van der Waals surface area (Å²) in [5.41, 5.74) is 11.3. The number of nitrogens with one attached hydrogen (secondary N) is 1. The standard InChI is InChI=1S/C22H24N4O4/c1-2-22(20(27)28,12-7-13-24-26-23)25-21(29)30-14-19-17-10-5-3-8-15(17)16-9-4-6-11-18(16)19/h3-6,8-11,19H,2,7,12-14H2,1H3,(H,25,29)(H,27,28)/t22-/m1/s1. The molecule has 0 unspecified atom stereocenters. The predicted octanol–water partition coefficient (Wildman–Crippen LogP) is 4.85. The van der Waals surface area contributed by atoms with Gasteiger partial charge in [-0.25, -0.2) is 9.59 Å². The first-order valence-corrected chi connectivity index (χ1v) is 9.90. The van der Waals surface area contributed by atoms with Crippen LogP contribution in [0.2, 0.25) is 0 Å². The zero-order chi connectivity index (χ0) is 21.6. The fourth-order valence-electron chi connectivity index (χ4n) is 3.97. The first kappa shape index (κ1) is 21.2. The van der Waals surface area contributed by atoms with Gasteiger partial charge in [0.2, 0.25) is 0 Å². The Morgan fingerprint density at radius 2 is 1.77 bits per heavy atom. The molecule has 1 aliphatic carbocycles. The number of benzene rings is 2. The summed E-state index contributed by atoms with van der Waals surface area (Å²) < 4.78 is 5.48. The molecule has 0 aliphatic heterocycles.